The number of hydrogen-bond donors (Lipinski definition) is 1. The van der Waals surface area contributed by atoms with E-state index in [4.69, 9.17) is 13.8 Å². The normalized spacial score (nSPS) is 14.2. The van der Waals surface area contributed by atoms with E-state index < -0.39 is 26.6 Å². The SMILES string of the molecule is CC/C=C\C/C=C\C/C=C\C/C=C\C/C=C\C/C=C\CCC(=O)NC(COP(=O)([O-])OCC[N+](C)(C)C)C(/C=C\CCCCCCCCCCC)OC(=O)CCCCCCCCCCCCCCCCC/C=C/CCCCCCCC. The highest BCUT2D eigenvalue weighted by Gasteiger charge is 2.27. The molecule has 0 saturated heterocycles. The van der Waals surface area contributed by atoms with Gasteiger partial charge in [0.2, 0.25) is 5.91 Å². The molecule has 0 bridgehead atoms. The first-order chi connectivity index (χ1) is 39.4. The number of ether oxygens (including phenoxy) is 1. The van der Waals surface area contributed by atoms with Crippen LogP contribution < -0.4 is 10.2 Å². The molecule has 468 valence electrons. The number of nitrogens with zero attached hydrogens (tertiary/aromatic N) is 1. The number of carbonyl (C=O) groups is 2. The van der Waals surface area contributed by atoms with Gasteiger partial charge in [-0.2, -0.15) is 0 Å². The number of quaternary nitrogens is 1. The third-order valence-corrected chi connectivity index (χ3v) is 15.5. The largest absolute Gasteiger partial charge is 0.756 e. The predicted molar refractivity (Wildman–Crippen MR) is 348 cm³/mol. The Bertz CT molecular complexity index is 1710. The Morgan fingerprint density at radius 3 is 1.21 bits per heavy atom. The molecule has 0 heterocycles. The van der Waals surface area contributed by atoms with Gasteiger partial charge >= 0.3 is 5.97 Å². The summed E-state index contributed by atoms with van der Waals surface area (Å²) in [4.78, 5) is 40.0. The van der Waals surface area contributed by atoms with Gasteiger partial charge in [0.1, 0.15) is 19.3 Å². The molecule has 0 aromatic heterocycles. The number of carbonyl (C=O) groups excluding carboxylic acids is 2. The van der Waals surface area contributed by atoms with E-state index in [0.717, 1.165) is 77.0 Å². The van der Waals surface area contributed by atoms with Gasteiger partial charge in [-0.15, -0.1) is 0 Å². The van der Waals surface area contributed by atoms with Gasteiger partial charge in [-0.1, -0.05) is 279 Å². The fourth-order valence-corrected chi connectivity index (χ4v) is 10.1. The van der Waals surface area contributed by atoms with Crippen molar-refractivity contribution in [2.75, 3.05) is 40.9 Å². The monoisotopic (exact) mass is 1150 g/mol. The number of phosphoric ester groups is 1. The summed E-state index contributed by atoms with van der Waals surface area (Å²) < 4.78 is 30.3. The quantitative estimate of drug-likeness (QED) is 0.0212. The maximum absolute atomic E-state index is 13.5. The second-order valence-corrected chi connectivity index (χ2v) is 25.0. The number of amides is 1. The molecule has 1 amide bonds. The summed E-state index contributed by atoms with van der Waals surface area (Å²) >= 11 is 0. The molecule has 10 heteroatoms. The average Bonchev–Trinajstić information content (AvgIpc) is 3.43. The van der Waals surface area contributed by atoms with E-state index in [9.17, 15) is 19.0 Å². The number of rotatable bonds is 60. The van der Waals surface area contributed by atoms with Crippen LogP contribution in [0.15, 0.2) is 97.2 Å². The molecule has 81 heavy (non-hydrogen) atoms. The summed E-state index contributed by atoms with van der Waals surface area (Å²) in [5.41, 5.74) is 0. The topological polar surface area (TPSA) is 114 Å². The van der Waals surface area contributed by atoms with Gasteiger partial charge < -0.3 is 28.5 Å². The summed E-state index contributed by atoms with van der Waals surface area (Å²) in [5, 5.41) is 2.98. The first-order valence-corrected chi connectivity index (χ1v) is 35.0. The number of hydrogen-bond acceptors (Lipinski definition) is 7. The minimum atomic E-state index is -4.72. The Kier molecular flexibility index (Phi) is 57.8. The molecule has 0 aromatic carbocycles. The van der Waals surface area contributed by atoms with Crippen molar-refractivity contribution in [2.24, 2.45) is 0 Å². The molecule has 0 aliphatic carbocycles. The van der Waals surface area contributed by atoms with Crippen LogP contribution in [-0.4, -0.2) is 69.4 Å². The summed E-state index contributed by atoms with van der Waals surface area (Å²) in [5.74, 6) is -0.637. The predicted octanol–water partition coefficient (Wildman–Crippen LogP) is 20.5. The number of unbranched alkanes of at least 4 members (excludes halogenated alkanes) is 30. The fourth-order valence-electron chi connectivity index (χ4n) is 9.36. The Labute approximate surface area is 500 Å². The third kappa shape index (κ3) is 61.3. The summed E-state index contributed by atoms with van der Waals surface area (Å²) in [6.07, 6.45) is 81.3. The van der Waals surface area contributed by atoms with Crippen LogP contribution >= 0.6 is 7.82 Å². The number of nitrogens with one attached hydrogen (secondary N) is 1. The smallest absolute Gasteiger partial charge is 0.306 e. The third-order valence-electron chi connectivity index (χ3n) is 14.5. The molecule has 0 aromatic rings. The molecule has 0 radical (unpaired) electrons. The number of allylic oxidation sites excluding steroid dienone is 15. The minimum absolute atomic E-state index is 0.0391. The van der Waals surface area contributed by atoms with Crippen LogP contribution in [-0.2, 0) is 27.9 Å². The molecule has 0 fully saturated rings. The van der Waals surface area contributed by atoms with Crippen molar-refractivity contribution in [3.63, 3.8) is 0 Å². The van der Waals surface area contributed by atoms with E-state index in [0.29, 0.717) is 17.4 Å². The molecular weight excluding hydrogens is 1020 g/mol. The summed E-state index contributed by atoms with van der Waals surface area (Å²) in [6.45, 7) is 6.67. The number of likely N-dealkylation sites (N-methyl/N-ethyl adjacent to an activating group) is 1. The van der Waals surface area contributed by atoms with E-state index in [-0.39, 0.29) is 31.3 Å². The summed E-state index contributed by atoms with van der Waals surface area (Å²) in [6, 6.07) is -0.933. The minimum Gasteiger partial charge on any atom is -0.756 e. The van der Waals surface area contributed by atoms with Crippen LogP contribution in [0.4, 0.5) is 0 Å². The van der Waals surface area contributed by atoms with Gasteiger partial charge in [0.25, 0.3) is 7.82 Å². The van der Waals surface area contributed by atoms with E-state index in [1.54, 1.807) is 0 Å². The molecule has 9 nitrogen and oxygen atoms in total. The molecule has 0 aliphatic heterocycles. The second-order valence-electron chi connectivity index (χ2n) is 23.6. The Morgan fingerprint density at radius 1 is 0.444 bits per heavy atom. The molecule has 0 aliphatic rings. The van der Waals surface area contributed by atoms with Gasteiger partial charge in [-0.05, 0) is 96.0 Å². The van der Waals surface area contributed by atoms with Gasteiger partial charge in [-0.25, -0.2) is 0 Å². The van der Waals surface area contributed by atoms with Crippen molar-refractivity contribution in [1.82, 2.24) is 5.32 Å². The van der Waals surface area contributed by atoms with E-state index >= 15 is 0 Å². The van der Waals surface area contributed by atoms with Gasteiger partial charge in [0, 0.05) is 12.8 Å². The highest BCUT2D eigenvalue weighted by atomic mass is 31.2. The summed E-state index contributed by atoms with van der Waals surface area (Å²) in [7, 11) is 1.13. The lowest BCUT2D eigenvalue weighted by molar-refractivity contribution is -0.870. The van der Waals surface area contributed by atoms with Crippen molar-refractivity contribution in [3.05, 3.63) is 97.2 Å². The zero-order valence-electron chi connectivity index (χ0n) is 53.5. The van der Waals surface area contributed by atoms with Crippen LogP contribution in [0.1, 0.15) is 290 Å². The van der Waals surface area contributed by atoms with Crippen molar-refractivity contribution < 1.29 is 37.3 Å². The highest BCUT2D eigenvalue weighted by Crippen LogP contribution is 2.38. The van der Waals surface area contributed by atoms with Gasteiger partial charge in [-0.3, -0.25) is 14.2 Å². The maximum atomic E-state index is 13.5. The first-order valence-electron chi connectivity index (χ1n) is 33.5. The van der Waals surface area contributed by atoms with Gasteiger partial charge in [0.15, 0.2) is 0 Å². The molecule has 1 N–H and O–H groups in total. The lowest BCUT2D eigenvalue weighted by atomic mass is 10.0. The Balaban J connectivity index is 5.15. The Morgan fingerprint density at radius 2 is 0.802 bits per heavy atom. The van der Waals surface area contributed by atoms with Crippen LogP contribution in [0.25, 0.3) is 0 Å². The lowest BCUT2D eigenvalue weighted by Gasteiger charge is -2.30. The van der Waals surface area contributed by atoms with E-state index in [1.807, 2.05) is 45.4 Å². The molecule has 0 spiro atoms. The first kappa shape index (κ1) is 77.9. The molecule has 0 rings (SSSR count). The molecule has 3 atom stereocenters. The zero-order valence-corrected chi connectivity index (χ0v) is 54.4. The van der Waals surface area contributed by atoms with Crippen LogP contribution in [0.3, 0.4) is 0 Å². The van der Waals surface area contributed by atoms with Gasteiger partial charge in [0.05, 0.1) is 33.8 Å². The maximum Gasteiger partial charge on any atom is 0.306 e. The standard InChI is InChI=1S/C71H127N2O7P/c1-7-10-13-16-19-22-25-27-29-31-33-34-35-36-37-38-40-42-44-46-49-52-55-58-61-64-71(75)80-69(62-59-56-53-50-47-24-21-18-15-12-9-3)68(67-79-81(76,77)78-66-65-73(4,5)6)72-70(74)63-60-57-54-51-48-45-43-41-39-32-30-28-26-23-20-17-14-11-8-2/h11,14,20,23,27-30,39,41,45,48,54,57,59,62,68-69H,7-10,12-13,15-19,21-22,24-26,31-38,40,42-44,46-47,49-53,55-56,58,60-61,63-67H2,1-6H3,(H-,72,74,76,77)/b14-11-,23-20-,29-27+,30-28-,41-39-,48-45-,57-54-,62-59-. The molecule has 0 saturated carbocycles. The van der Waals surface area contributed by atoms with Crippen molar-refractivity contribution in [2.45, 2.75) is 303 Å². The van der Waals surface area contributed by atoms with Crippen LogP contribution in [0.2, 0.25) is 0 Å². The van der Waals surface area contributed by atoms with Crippen molar-refractivity contribution in [3.8, 4) is 0 Å². The van der Waals surface area contributed by atoms with Crippen LogP contribution in [0.5, 0.6) is 0 Å². The van der Waals surface area contributed by atoms with Crippen molar-refractivity contribution >= 4 is 19.7 Å². The van der Waals surface area contributed by atoms with Crippen LogP contribution in [0, 0.1) is 0 Å². The highest BCUT2D eigenvalue weighted by molar-refractivity contribution is 7.45. The Hall–Kier alpha value is -3.07. The van der Waals surface area contributed by atoms with E-state index in [2.05, 4.69) is 99.0 Å². The fraction of sp³-hybridized carbons (Fsp3) is 0.746. The zero-order chi connectivity index (χ0) is 59.3. The number of phosphoric acid groups is 1. The lowest BCUT2D eigenvalue weighted by Crippen LogP contribution is -2.47. The molecule has 3 unspecified atom stereocenters. The molecular formula is C71H127N2O7P. The van der Waals surface area contributed by atoms with E-state index in [1.165, 1.54) is 173 Å². The van der Waals surface area contributed by atoms with Crippen molar-refractivity contribution in [1.29, 1.82) is 0 Å². The average molecular weight is 1150 g/mol. The number of esters is 1. The second kappa shape index (κ2) is 60.1.